The average Bonchev–Trinajstić information content (AvgIpc) is 2.42. The molecule has 2 nitrogen and oxygen atoms in total. The predicted octanol–water partition coefficient (Wildman–Crippen LogP) is 4.21. The minimum atomic E-state index is 0.409. The van der Waals surface area contributed by atoms with Gasteiger partial charge < -0.3 is 5.32 Å². The van der Waals surface area contributed by atoms with E-state index in [0.717, 1.165) is 11.6 Å². The van der Waals surface area contributed by atoms with Crippen LogP contribution in [0.2, 0.25) is 5.02 Å². The molecule has 0 radical (unpaired) electrons. The summed E-state index contributed by atoms with van der Waals surface area (Å²) in [5.74, 6) is 0. The lowest BCUT2D eigenvalue weighted by Gasteiger charge is -2.56. The number of likely N-dealkylation sites (tertiary alicyclic amines) is 1. The van der Waals surface area contributed by atoms with Crippen LogP contribution < -0.4 is 5.32 Å². The Morgan fingerprint density at radius 1 is 1.13 bits per heavy atom. The summed E-state index contributed by atoms with van der Waals surface area (Å²) in [6.07, 6.45) is 3.73. The van der Waals surface area contributed by atoms with E-state index in [2.05, 4.69) is 36.2 Å². The van der Waals surface area contributed by atoms with Gasteiger partial charge in [-0.15, -0.1) is 0 Å². The summed E-state index contributed by atoms with van der Waals surface area (Å²) >= 11 is 6.08. The normalized spacial score (nSPS) is 26.0. The zero-order valence-electron chi connectivity index (χ0n) is 14.3. The molecule has 124 valence electrons. The highest BCUT2D eigenvalue weighted by Crippen LogP contribution is 2.44. The molecule has 1 aromatic carbocycles. The van der Waals surface area contributed by atoms with Gasteiger partial charge in [-0.3, -0.25) is 4.90 Å². The Labute approximate surface area is 144 Å². The lowest BCUT2D eigenvalue weighted by atomic mass is 9.71. The van der Waals surface area contributed by atoms with E-state index in [9.17, 15) is 0 Å². The lowest BCUT2D eigenvalue weighted by molar-refractivity contribution is -0.0339. The summed E-state index contributed by atoms with van der Waals surface area (Å²) in [5.41, 5.74) is 5.64. The molecule has 0 aromatic heterocycles. The molecule has 2 heterocycles. The second kappa shape index (κ2) is 5.61. The molecule has 1 N–H and O–H groups in total. The first-order valence-electron chi connectivity index (χ1n) is 8.85. The third kappa shape index (κ3) is 3.09. The van der Waals surface area contributed by atoms with Crippen molar-refractivity contribution >= 4 is 17.2 Å². The van der Waals surface area contributed by atoms with Gasteiger partial charge in [0, 0.05) is 43.2 Å². The van der Waals surface area contributed by atoms with Gasteiger partial charge in [-0.2, -0.15) is 0 Å². The number of allylic oxidation sites excluding steroid dienone is 1. The molecule has 2 saturated heterocycles. The van der Waals surface area contributed by atoms with Gasteiger partial charge in [0.2, 0.25) is 0 Å². The fraction of sp³-hybridized carbons (Fsp3) is 0.600. The van der Waals surface area contributed by atoms with Crippen molar-refractivity contribution in [3.63, 3.8) is 0 Å². The van der Waals surface area contributed by atoms with Crippen molar-refractivity contribution in [1.29, 1.82) is 0 Å². The van der Waals surface area contributed by atoms with Crippen LogP contribution in [-0.2, 0) is 0 Å². The molecule has 1 aliphatic carbocycles. The van der Waals surface area contributed by atoms with Gasteiger partial charge in [0.25, 0.3) is 0 Å². The first-order valence-corrected chi connectivity index (χ1v) is 9.23. The Morgan fingerprint density at radius 3 is 2.43 bits per heavy atom. The Kier molecular flexibility index (Phi) is 3.83. The molecule has 1 aromatic rings. The van der Waals surface area contributed by atoms with E-state index in [1.165, 1.54) is 51.0 Å². The summed E-state index contributed by atoms with van der Waals surface area (Å²) < 4.78 is 0. The zero-order chi connectivity index (χ0) is 16.1. The molecule has 0 amide bonds. The second-order valence-corrected chi connectivity index (χ2v) is 9.12. The highest BCUT2D eigenvalue weighted by molar-refractivity contribution is 6.30. The Hall–Kier alpha value is -0.830. The monoisotopic (exact) mass is 330 g/mol. The average molecular weight is 331 g/mol. The van der Waals surface area contributed by atoms with Crippen molar-refractivity contribution in [3.05, 3.63) is 40.4 Å². The minimum absolute atomic E-state index is 0.409. The molecular formula is C20H27ClN2. The quantitative estimate of drug-likeness (QED) is 0.893. The fourth-order valence-corrected chi connectivity index (χ4v) is 4.58. The van der Waals surface area contributed by atoms with Crippen LogP contribution in [-0.4, -0.2) is 37.6 Å². The van der Waals surface area contributed by atoms with E-state index in [1.807, 2.05) is 12.1 Å². The highest BCUT2D eigenvalue weighted by Gasteiger charge is 2.47. The molecule has 3 heteroatoms. The number of hydrogen-bond acceptors (Lipinski definition) is 2. The molecule has 0 unspecified atom stereocenters. The molecule has 4 rings (SSSR count). The molecule has 0 atom stereocenters. The maximum absolute atomic E-state index is 6.08. The van der Waals surface area contributed by atoms with Crippen molar-refractivity contribution < 1.29 is 0 Å². The zero-order valence-corrected chi connectivity index (χ0v) is 15.0. The summed E-state index contributed by atoms with van der Waals surface area (Å²) in [5, 5.41) is 4.25. The van der Waals surface area contributed by atoms with Crippen LogP contribution in [0, 0.1) is 10.8 Å². The molecule has 2 fully saturated rings. The lowest BCUT2D eigenvalue weighted by Crippen LogP contribution is -2.71. The van der Waals surface area contributed by atoms with Crippen molar-refractivity contribution in [2.45, 2.75) is 33.1 Å². The van der Waals surface area contributed by atoms with E-state index in [4.69, 9.17) is 11.6 Å². The van der Waals surface area contributed by atoms with Crippen LogP contribution >= 0.6 is 11.6 Å². The number of rotatable bonds is 3. The summed E-state index contributed by atoms with van der Waals surface area (Å²) in [4.78, 5) is 2.64. The molecule has 3 aliphatic rings. The van der Waals surface area contributed by atoms with E-state index < -0.39 is 0 Å². The molecule has 1 spiro atoms. The molecule has 0 bridgehead atoms. The van der Waals surface area contributed by atoms with Crippen LogP contribution in [0.1, 0.15) is 38.7 Å². The van der Waals surface area contributed by atoms with Gasteiger partial charge in [-0.25, -0.2) is 0 Å². The minimum Gasteiger partial charge on any atom is -0.315 e. The number of nitrogens with zero attached hydrogens (tertiary/aromatic N) is 1. The van der Waals surface area contributed by atoms with Crippen molar-refractivity contribution in [2.24, 2.45) is 10.8 Å². The van der Waals surface area contributed by atoms with Gasteiger partial charge in [0.05, 0.1) is 0 Å². The molecule has 0 saturated carbocycles. The SMILES string of the molecule is CC1(C)CCC(CN2CC3(CNC3)C2)=C(c2ccc(Cl)cc2)C1. The highest BCUT2D eigenvalue weighted by atomic mass is 35.5. The first kappa shape index (κ1) is 15.7. The van der Waals surface area contributed by atoms with Crippen LogP contribution in [0.15, 0.2) is 29.8 Å². The van der Waals surface area contributed by atoms with Gasteiger partial charge in [0.1, 0.15) is 0 Å². The van der Waals surface area contributed by atoms with E-state index in [-0.39, 0.29) is 0 Å². The van der Waals surface area contributed by atoms with E-state index in [1.54, 1.807) is 11.1 Å². The number of hydrogen-bond donors (Lipinski definition) is 1. The van der Waals surface area contributed by atoms with Crippen molar-refractivity contribution in [1.82, 2.24) is 10.2 Å². The van der Waals surface area contributed by atoms with E-state index >= 15 is 0 Å². The van der Waals surface area contributed by atoms with Gasteiger partial charge >= 0.3 is 0 Å². The predicted molar refractivity (Wildman–Crippen MR) is 97.7 cm³/mol. The van der Waals surface area contributed by atoms with E-state index in [0.29, 0.717) is 10.8 Å². The Bertz CT molecular complexity index is 618. The largest absolute Gasteiger partial charge is 0.315 e. The number of nitrogens with one attached hydrogen (secondary N) is 1. The fourth-order valence-electron chi connectivity index (χ4n) is 4.45. The van der Waals surface area contributed by atoms with Gasteiger partial charge in [-0.1, -0.05) is 43.2 Å². The van der Waals surface area contributed by atoms with Crippen LogP contribution in [0.25, 0.3) is 5.57 Å². The van der Waals surface area contributed by atoms with Gasteiger partial charge in [0.15, 0.2) is 0 Å². The Morgan fingerprint density at radius 2 is 1.83 bits per heavy atom. The van der Waals surface area contributed by atoms with Crippen molar-refractivity contribution in [3.8, 4) is 0 Å². The third-order valence-corrected chi connectivity index (χ3v) is 6.16. The molecule has 23 heavy (non-hydrogen) atoms. The Balaban J connectivity index is 1.55. The van der Waals surface area contributed by atoms with Crippen molar-refractivity contribution in [2.75, 3.05) is 32.7 Å². The third-order valence-electron chi connectivity index (χ3n) is 5.91. The number of benzene rings is 1. The molecular weight excluding hydrogens is 304 g/mol. The van der Waals surface area contributed by atoms with Crippen LogP contribution in [0.4, 0.5) is 0 Å². The summed E-state index contributed by atoms with van der Waals surface area (Å²) in [7, 11) is 0. The standard InChI is InChI=1S/C20H27ClN2/c1-19(2)8-7-16(10-23-13-20(14-23)11-22-12-20)18(9-19)15-3-5-17(21)6-4-15/h3-6,22H,7-14H2,1-2H3. The van der Waals surface area contributed by atoms with Crippen LogP contribution in [0.3, 0.4) is 0 Å². The topological polar surface area (TPSA) is 15.3 Å². The maximum Gasteiger partial charge on any atom is 0.0406 e. The number of halogens is 1. The second-order valence-electron chi connectivity index (χ2n) is 8.68. The molecule has 2 aliphatic heterocycles. The summed E-state index contributed by atoms with van der Waals surface area (Å²) in [6.45, 7) is 11.0. The van der Waals surface area contributed by atoms with Gasteiger partial charge in [-0.05, 0) is 47.9 Å². The maximum atomic E-state index is 6.08. The first-order chi connectivity index (χ1) is 10.9. The smallest absolute Gasteiger partial charge is 0.0406 e. The summed E-state index contributed by atoms with van der Waals surface area (Å²) in [6, 6.07) is 8.46. The van der Waals surface area contributed by atoms with Crippen LogP contribution in [0.5, 0.6) is 0 Å².